The highest BCUT2D eigenvalue weighted by Gasteiger charge is 2.18. The molecular formula is C17H18N2O2S. The molecule has 22 heavy (non-hydrogen) atoms. The summed E-state index contributed by atoms with van der Waals surface area (Å²) >= 11 is 5.10. The van der Waals surface area contributed by atoms with Gasteiger partial charge in [0.25, 0.3) is 0 Å². The minimum atomic E-state index is -0.365. The number of carbonyl (C=O) groups is 1. The van der Waals surface area contributed by atoms with Gasteiger partial charge in [0, 0.05) is 24.6 Å². The van der Waals surface area contributed by atoms with Gasteiger partial charge in [-0.25, -0.2) is 0 Å². The Bertz CT molecular complexity index is 629. The third-order valence-corrected chi connectivity index (χ3v) is 3.70. The molecule has 0 aromatic heterocycles. The van der Waals surface area contributed by atoms with Crippen LogP contribution in [0.3, 0.4) is 0 Å². The number of hydrogen-bond donors (Lipinski definition) is 2. The third-order valence-electron chi connectivity index (χ3n) is 3.44. The Morgan fingerprint density at radius 1 is 1.18 bits per heavy atom. The average molecular weight is 314 g/mol. The Morgan fingerprint density at radius 2 is 1.82 bits per heavy atom. The van der Waals surface area contributed by atoms with Crippen LogP contribution in [0.2, 0.25) is 0 Å². The number of hydrogen-bond acceptors (Lipinski definition) is 3. The first-order valence-corrected chi connectivity index (χ1v) is 7.41. The lowest BCUT2D eigenvalue weighted by Gasteiger charge is -2.25. The fourth-order valence-electron chi connectivity index (χ4n) is 2.34. The molecule has 1 atom stereocenters. The van der Waals surface area contributed by atoms with Crippen LogP contribution in [0, 0.1) is 0 Å². The molecule has 0 aliphatic heterocycles. The standard InChI is InChI=1S/C17H18N2O2S/c18-17(21)10-14(13-6-8-16(20)9-7-13)11-19(12-22)15-4-2-1-3-5-15/h1-9,12,14,20H,10-11H2,(H2,18,21). The maximum Gasteiger partial charge on any atom is 0.218 e. The number of phenols is 1. The van der Waals surface area contributed by atoms with Crippen LogP contribution in [0.5, 0.6) is 5.75 Å². The van der Waals surface area contributed by atoms with E-state index in [9.17, 15) is 9.90 Å². The zero-order chi connectivity index (χ0) is 15.9. The minimum Gasteiger partial charge on any atom is -0.508 e. The summed E-state index contributed by atoms with van der Waals surface area (Å²) in [5, 5.41) is 9.40. The molecule has 0 fully saturated rings. The fourth-order valence-corrected chi connectivity index (χ4v) is 2.55. The van der Waals surface area contributed by atoms with Gasteiger partial charge in [0.15, 0.2) is 0 Å². The number of aromatic hydroxyl groups is 1. The van der Waals surface area contributed by atoms with Crippen molar-refractivity contribution >= 4 is 29.3 Å². The molecule has 0 aliphatic carbocycles. The topological polar surface area (TPSA) is 66.6 Å². The highest BCUT2D eigenvalue weighted by atomic mass is 32.1. The number of carbonyl (C=O) groups excluding carboxylic acids is 1. The summed E-state index contributed by atoms with van der Waals surface area (Å²) in [6, 6.07) is 16.5. The second-order valence-corrected chi connectivity index (χ2v) is 5.26. The van der Waals surface area contributed by atoms with E-state index in [1.165, 1.54) is 0 Å². The normalized spacial score (nSPS) is 11.6. The zero-order valence-corrected chi connectivity index (χ0v) is 12.9. The molecule has 114 valence electrons. The summed E-state index contributed by atoms with van der Waals surface area (Å²) in [7, 11) is 0. The summed E-state index contributed by atoms with van der Waals surface area (Å²) < 4.78 is 0. The molecule has 4 nitrogen and oxygen atoms in total. The van der Waals surface area contributed by atoms with E-state index in [4.69, 9.17) is 18.0 Å². The second kappa shape index (κ2) is 7.56. The number of amides is 1. The maximum atomic E-state index is 11.4. The Balaban J connectivity index is 2.23. The molecule has 2 rings (SSSR count). The molecule has 2 aromatic carbocycles. The number of thiocarbonyl (C=S) groups is 1. The quantitative estimate of drug-likeness (QED) is 0.771. The van der Waals surface area contributed by atoms with Gasteiger partial charge in [-0.2, -0.15) is 0 Å². The minimum absolute atomic E-state index is 0.0995. The Hall–Kier alpha value is -2.40. The summed E-state index contributed by atoms with van der Waals surface area (Å²) in [5.41, 5.74) is 8.85. The lowest BCUT2D eigenvalue weighted by molar-refractivity contribution is -0.118. The summed E-state index contributed by atoms with van der Waals surface area (Å²) in [4.78, 5) is 13.3. The first-order valence-electron chi connectivity index (χ1n) is 6.94. The number of nitrogens with two attached hydrogens (primary N) is 1. The summed E-state index contributed by atoms with van der Waals surface area (Å²) in [6.45, 7) is 0.543. The van der Waals surface area contributed by atoms with Crippen LogP contribution in [-0.4, -0.2) is 23.0 Å². The molecule has 0 heterocycles. The van der Waals surface area contributed by atoms with Gasteiger partial charge in [0.1, 0.15) is 5.75 Å². The van der Waals surface area contributed by atoms with Crippen LogP contribution >= 0.6 is 12.2 Å². The first-order chi connectivity index (χ1) is 10.6. The van der Waals surface area contributed by atoms with Gasteiger partial charge in [-0.05, 0) is 29.8 Å². The predicted molar refractivity (Wildman–Crippen MR) is 92.1 cm³/mol. The van der Waals surface area contributed by atoms with Gasteiger partial charge in [-0.15, -0.1) is 0 Å². The highest BCUT2D eigenvalue weighted by molar-refractivity contribution is 7.79. The Kier molecular flexibility index (Phi) is 5.49. The van der Waals surface area contributed by atoms with Crippen LogP contribution in [-0.2, 0) is 4.79 Å². The van der Waals surface area contributed by atoms with E-state index in [1.54, 1.807) is 29.8 Å². The van der Waals surface area contributed by atoms with Crippen molar-refractivity contribution in [1.82, 2.24) is 0 Å². The molecule has 1 unspecified atom stereocenters. The SMILES string of the molecule is NC(=O)CC(CN(C=S)c1ccccc1)c1ccc(O)cc1. The van der Waals surface area contributed by atoms with Gasteiger partial charge in [-0.3, -0.25) is 4.79 Å². The van der Waals surface area contributed by atoms with Crippen molar-refractivity contribution in [3.63, 3.8) is 0 Å². The van der Waals surface area contributed by atoms with Crippen molar-refractivity contribution in [2.24, 2.45) is 5.73 Å². The van der Waals surface area contributed by atoms with Crippen molar-refractivity contribution in [3.05, 3.63) is 60.2 Å². The molecule has 0 bridgehead atoms. The number of anilines is 1. The smallest absolute Gasteiger partial charge is 0.218 e. The molecular weight excluding hydrogens is 296 g/mol. The van der Waals surface area contributed by atoms with Crippen LogP contribution in [0.4, 0.5) is 5.69 Å². The molecule has 0 saturated carbocycles. The van der Waals surface area contributed by atoms with E-state index in [0.29, 0.717) is 6.54 Å². The van der Waals surface area contributed by atoms with Gasteiger partial charge >= 0.3 is 0 Å². The van der Waals surface area contributed by atoms with Crippen molar-refractivity contribution in [2.45, 2.75) is 12.3 Å². The number of benzene rings is 2. The molecule has 3 N–H and O–H groups in total. The zero-order valence-electron chi connectivity index (χ0n) is 12.1. The number of rotatable bonds is 7. The van der Waals surface area contributed by atoms with Gasteiger partial charge in [-0.1, -0.05) is 42.5 Å². The number of nitrogens with zero attached hydrogens (tertiary/aromatic N) is 1. The molecule has 0 radical (unpaired) electrons. The van der Waals surface area contributed by atoms with Crippen LogP contribution in [0.15, 0.2) is 54.6 Å². The lowest BCUT2D eigenvalue weighted by Crippen LogP contribution is -2.29. The van der Waals surface area contributed by atoms with Crippen LogP contribution in [0.1, 0.15) is 17.9 Å². The largest absolute Gasteiger partial charge is 0.508 e. The second-order valence-electron chi connectivity index (χ2n) is 5.05. The van der Waals surface area contributed by atoms with Gasteiger partial charge in [0.2, 0.25) is 5.91 Å². The number of para-hydroxylation sites is 1. The first kappa shape index (κ1) is 16.0. The molecule has 0 spiro atoms. The monoisotopic (exact) mass is 314 g/mol. The van der Waals surface area contributed by atoms with E-state index in [1.807, 2.05) is 35.2 Å². The van der Waals surface area contributed by atoms with Crippen molar-refractivity contribution in [2.75, 3.05) is 11.4 Å². The predicted octanol–water partition coefficient (Wildman–Crippen LogP) is 2.82. The number of primary amides is 1. The lowest BCUT2D eigenvalue weighted by atomic mass is 9.94. The summed E-state index contributed by atoms with van der Waals surface area (Å²) in [5.74, 6) is -0.274. The molecule has 5 heteroatoms. The van der Waals surface area contributed by atoms with Crippen molar-refractivity contribution in [3.8, 4) is 5.75 Å². The van der Waals surface area contributed by atoms with Crippen LogP contribution in [0.25, 0.3) is 0 Å². The van der Waals surface area contributed by atoms with E-state index in [-0.39, 0.29) is 24.0 Å². The third kappa shape index (κ3) is 4.30. The Labute approximate surface area is 135 Å². The molecule has 1 amide bonds. The van der Waals surface area contributed by atoms with Crippen molar-refractivity contribution in [1.29, 1.82) is 0 Å². The van der Waals surface area contributed by atoms with E-state index in [2.05, 4.69) is 0 Å². The molecule has 2 aromatic rings. The van der Waals surface area contributed by atoms with Crippen LogP contribution < -0.4 is 10.6 Å². The fraction of sp³-hybridized carbons (Fsp3) is 0.176. The van der Waals surface area contributed by atoms with Gasteiger partial charge < -0.3 is 15.7 Å². The molecule has 0 aliphatic rings. The van der Waals surface area contributed by atoms with Crippen molar-refractivity contribution < 1.29 is 9.90 Å². The molecule has 0 saturated heterocycles. The average Bonchev–Trinajstić information content (AvgIpc) is 2.52. The highest BCUT2D eigenvalue weighted by Crippen LogP contribution is 2.25. The summed E-state index contributed by atoms with van der Waals surface area (Å²) in [6.07, 6.45) is 0.220. The number of phenolic OH excluding ortho intramolecular Hbond substituents is 1. The maximum absolute atomic E-state index is 11.4. The van der Waals surface area contributed by atoms with E-state index in [0.717, 1.165) is 11.3 Å². The van der Waals surface area contributed by atoms with E-state index >= 15 is 0 Å². The van der Waals surface area contributed by atoms with Gasteiger partial charge in [0.05, 0.1) is 5.49 Å². The van der Waals surface area contributed by atoms with E-state index < -0.39 is 0 Å². The Morgan fingerprint density at radius 3 is 2.36 bits per heavy atom.